The zero-order valence-corrected chi connectivity index (χ0v) is 11.6. The molecule has 2 rings (SSSR count). The number of hydrogen-bond donors (Lipinski definition) is 2. The first kappa shape index (κ1) is 14.8. The van der Waals surface area contributed by atoms with Gasteiger partial charge >= 0.3 is 0 Å². The maximum atomic E-state index is 13.5. The van der Waals surface area contributed by atoms with Gasteiger partial charge in [-0.25, -0.2) is 13.8 Å². The fourth-order valence-corrected chi connectivity index (χ4v) is 1.78. The first-order valence-electron chi connectivity index (χ1n) is 6.11. The number of anilines is 2. The number of nitrogens with two attached hydrogens (primary N) is 1. The van der Waals surface area contributed by atoms with Crippen molar-refractivity contribution in [3.63, 3.8) is 0 Å². The molecule has 0 aliphatic rings. The minimum absolute atomic E-state index is 0.108. The minimum Gasteiger partial charge on any atom is -0.493 e. The van der Waals surface area contributed by atoms with E-state index in [0.717, 1.165) is 5.56 Å². The van der Waals surface area contributed by atoms with Gasteiger partial charge in [0.2, 0.25) is 0 Å². The first-order valence-corrected chi connectivity index (χ1v) is 6.11. The van der Waals surface area contributed by atoms with Crippen LogP contribution in [0, 0.1) is 11.6 Å². The van der Waals surface area contributed by atoms with Gasteiger partial charge in [-0.3, -0.25) is 0 Å². The monoisotopic (exact) mass is 295 g/mol. The number of nitrogens with zero attached hydrogens (tertiary/aromatic N) is 1. The Morgan fingerprint density at radius 2 is 1.81 bits per heavy atom. The fraction of sp³-hybridized carbons (Fsp3) is 0.214. The highest BCUT2D eigenvalue weighted by atomic mass is 19.1. The second-order valence-corrected chi connectivity index (χ2v) is 4.23. The maximum absolute atomic E-state index is 13.5. The predicted molar refractivity (Wildman–Crippen MR) is 75.4 cm³/mol. The number of rotatable bonds is 5. The molecule has 2 aromatic rings. The Kier molecular flexibility index (Phi) is 4.42. The summed E-state index contributed by atoms with van der Waals surface area (Å²) < 4.78 is 36.9. The van der Waals surface area contributed by atoms with Crippen molar-refractivity contribution in [2.24, 2.45) is 0 Å². The van der Waals surface area contributed by atoms with Crippen molar-refractivity contribution in [1.82, 2.24) is 4.98 Å². The molecule has 1 heterocycles. The molecule has 0 saturated heterocycles. The van der Waals surface area contributed by atoms with Crippen LogP contribution in [-0.2, 0) is 6.54 Å². The van der Waals surface area contributed by atoms with Gasteiger partial charge in [-0.2, -0.15) is 0 Å². The second kappa shape index (κ2) is 6.25. The summed E-state index contributed by atoms with van der Waals surface area (Å²) in [6.07, 6.45) is 0. The summed E-state index contributed by atoms with van der Waals surface area (Å²) in [6.45, 7) is 0.273. The number of ether oxygens (including phenoxy) is 2. The number of halogens is 2. The first-order chi connectivity index (χ1) is 10.0. The van der Waals surface area contributed by atoms with Gasteiger partial charge in [0.05, 0.1) is 14.2 Å². The Bertz CT molecular complexity index is 650. The van der Waals surface area contributed by atoms with Crippen LogP contribution in [0.15, 0.2) is 24.3 Å². The third-order valence-electron chi connectivity index (χ3n) is 2.86. The Morgan fingerprint density at radius 1 is 1.10 bits per heavy atom. The summed E-state index contributed by atoms with van der Waals surface area (Å²) in [5, 5.41) is 2.76. The summed E-state index contributed by atoms with van der Waals surface area (Å²) in [5.41, 5.74) is 6.13. The number of nitrogens with one attached hydrogen (secondary N) is 1. The maximum Gasteiger partial charge on any atom is 0.168 e. The highest BCUT2D eigenvalue weighted by Crippen LogP contribution is 2.28. The summed E-state index contributed by atoms with van der Waals surface area (Å²) in [5.74, 6) is -0.998. The molecular weight excluding hydrogens is 280 g/mol. The third-order valence-corrected chi connectivity index (χ3v) is 2.86. The van der Waals surface area contributed by atoms with E-state index in [4.69, 9.17) is 15.2 Å². The van der Waals surface area contributed by atoms with Gasteiger partial charge in [0.15, 0.2) is 34.8 Å². The number of nitrogen functional groups attached to an aromatic ring is 1. The summed E-state index contributed by atoms with van der Waals surface area (Å²) in [4.78, 5) is 3.62. The van der Waals surface area contributed by atoms with E-state index in [1.54, 1.807) is 18.2 Å². The van der Waals surface area contributed by atoms with E-state index in [1.807, 2.05) is 0 Å². The molecule has 0 amide bonds. The lowest BCUT2D eigenvalue weighted by Crippen LogP contribution is -2.07. The van der Waals surface area contributed by atoms with Gasteiger partial charge in [0, 0.05) is 12.6 Å². The predicted octanol–water partition coefficient (Wildman–Crippen LogP) is 2.57. The molecule has 0 bridgehead atoms. The van der Waals surface area contributed by atoms with Crippen LogP contribution < -0.4 is 20.5 Å². The number of benzene rings is 1. The van der Waals surface area contributed by atoms with E-state index in [-0.39, 0.29) is 18.2 Å². The normalized spacial score (nSPS) is 10.3. The van der Waals surface area contributed by atoms with Crippen LogP contribution in [0.3, 0.4) is 0 Å². The van der Waals surface area contributed by atoms with Crippen LogP contribution >= 0.6 is 0 Å². The average Bonchev–Trinajstić information content (AvgIpc) is 2.49. The molecule has 0 spiro atoms. The lowest BCUT2D eigenvalue weighted by molar-refractivity contribution is 0.354. The number of methoxy groups -OCH3 is 2. The van der Waals surface area contributed by atoms with Crippen LogP contribution in [0.5, 0.6) is 11.5 Å². The molecule has 0 radical (unpaired) electrons. The molecule has 0 aliphatic heterocycles. The molecule has 5 nitrogen and oxygen atoms in total. The van der Waals surface area contributed by atoms with Crippen molar-refractivity contribution < 1.29 is 18.3 Å². The zero-order chi connectivity index (χ0) is 15.4. The topological polar surface area (TPSA) is 69.4 Å². The quantitative estimate of drug-likeness (QED) is 0.887. The molecule has 1 aromatic carbocycles. The molecular formula is C14H15F2N3O2. The van der Waals surface area contributed by atoms with E-state index >= 15 is 0 Å². The number of pyridine rings is 1. The van der Waals surface area contributed by atoms with Gasteiger partial charge < -0.3 is 20.5 Å². The van der Waals surface area contributed by atoms with Crippen molar-refractivity contribution >= 4 is 11.6 Å². The Morgan fingerprint density at radius 3 is 2.48 bits per heavy atom. The zero-order valence-electron chi connectivity index (χ0n) is 11.6. The fourth-order valence-electron chi connectivity index (χ4n) is 1.78. The average molecular weight is 295 g/mol. The van der Waals surface area contributed by atoms with Crippen molar-refractivity contribution in [3.8, 4) is 11.5 Å². The summed E-state index contributed by atoms with van der Waals surface area (Å²) >= 11 is 0. The highest BCUT2D eigenvalue weighted by Gasteiger charge is 2.10. The lowest BCUT2D eigenvalue weighted by Gasteiger charge is -2.11. The smallest absolute Gasteiger partial charge is 0.168 e. The van der Waals surface area contributed by atoms with E-state index in [1.165, 1.54) is 14.2 Å². The Balaban J connectivity index is 2.15. The Hall–Kier alpha value is -2.57. The van der Waals surface area contributed by atoms with Crippen molar-refractivity contribution in [2.75, 3.05) is 25.3 Å². The molecule has 0 unspecified atom stereocenters. The Labute approximate surface area is 120 Å². The van der Waals surface area contributed by atoms with Gasteiger partial charge in [0.25, 0.3) is 0 Å². The van der Waals surface area contributed by atoms with Crippen LogP contribution in [0.2, 0.25) is 0 Å². The van der Waals surface area contributed by atoms with Gasteiger partial charge in [0.1, 0.15) is 0 Å². The molecule has 0 aliphatic carbocycles. The minimum atomic E-state index is -0.885. The van der Waals surface area contributed by atoms with E-state index in [0.29, 0.717) is 17.6 Å². The van der Waals surface area contributed by atoms with Crippen molar-refractivity contribution in [2.45, 2.75) is 6.54 Å². The molecule has 3 N–H and O–H groups in total. The third kappa shape index (κ3) is 3.31. The van der Waals surface area contributed by atoms with E-state index < -0.39 is 11.6 Å². The van der Waals surface area contributed by atoms with Crippen LogP contribution in [0.4, 0.5) is 20.4 Å². The van der Waals surface area contributed by atoms with Crippen LogP contribution in [-0.4, -0.2) is 19.2 Å². The molecule has 1 aromatic heterocycles. The summed E-state index contributed by atoms with van der Waals surface area (Å²) in [6, 6.07) is 5.97. The summed E-state index contributed by atoms with van der Waals surface area (Å²) in [7, 11) is 3.06. The van der Waals surface area contributed by atoms with Crippen molar-refractivity contribution in [1.29, 1.82) is 0 Å². The van der Waals surface area contributed by atoms with Gasteiger partial charge in [-0.15, -0.1) is 0 Å². The lowest BCUT2D eigenvalue weighted by atomic mass is 10.2. The largest absolute Gasteiger partial charge is 0.493 e. The van der Waals surface area contributed by atoms with E-state index in [9.17, 15) is 8.78 Å². The second-order valence-electron chi connectivity index (χ2n) is 4.23. The van der Waals surface area contributed by atoms with Crippen LogP contribution in [0.1, 0.15) is 5.56 Å². The van der Waals surface area contributed by atoms with Crippen LogP contribution in [0.25, 0.3) is 0 Å². The number of hydrogen-bond acceptors (Lipinski definition) is 5. The molecule has 7 heteroatoms. The SMILES string of the molecule is COc1ccc(CNc2nc(N)c(F)cc2F)cc1OC. The number of aromatic nitrogens is 1. The van der Waals surface area contributed by atoms with Gasteiger partial charge in [-0.1, -0.05) is 6.07 Å². The molecule has 0 atom stereocenters. The van der Waals surface area contributed by atoms with E-state index in [2.05, 4.69) is 10.3 Å². The molecule has 112 valence electrons. The molecule has 21 heavy (non-hydrogen) atoms. The van der Waals surface area contributed by atoms with Crippen molar-refractivity contribution in [3.05, 3.63) is 41.5 Å². The standard InChI is InChI=1S/C14H15F2N3O2/c1-20-11-4-3-8(5-12(11)21-2)7-18-14-10(16)6-9(15)13(17)19-14/h3-6H,7H2,1-2H3,(H3,17,18,19). The molecule has 0 fully saturated rings. The van der Waals surface area contributed by atoms with Gasteiger partial charge in [-0.05, 0) is 17.7 Å². The highest BCUT2D eigenvalue weighted by molar-refractivity contribution is 5.47. The molecule has 0 saturated carbocycles.